The molecule has 2 atom stereocenters. The zero-order valence-corrected chi connectivity index (χ0v) is 21.7. The van der Waals surface area contributed by atoms with E-state index in [1.54, 1.807) is 6.92 Å². The lowest BCUT2D eigenvalue weighted by Gasteiger charge is -2.22. The highest BCUT2D eigenvalue weighted by Gasteiger charge is 2.31. The van der Waals surface area contributed by atoms with Crippen LogP contribution in [0.4, 0.5) is 0 Å². The molecule has 1 saturated heterocycles. The second kappa shape index (κ2) is 14.4. The van der Waals surface area contributed by atoms with Gasteiger partial charge in [0.05, 0.1) is 19.0 Å². The number of unbranched alkanes of at least 4 members (excludes halogenated alkanes) is 2. The zero-order chi connectivity index (χ0) is 24.2. The fourth-order valence-corrected chi connectivity index (χ4v) is 6.86. The van der Waals surface area contributed by atoms with Gasteiger partial charge < -0.3 is 19.5 Å². The summed E-state index contributed by atoms with van der Waals surface area (Å²) >= 11 is 0. The van der Waals surface area contributed by atoms with E-state index < -0.39 is 23.4 Å². The Morgan fingerprint density at radius 1 is 1.18 bits per heavy atom. The maximum Gasteiger partial charge on any atom is 0.345 e. The summed E-state index contributed by atoms with van der Waals surface area (Å²) in [7, 11) is -7.68. The van der Waals surface area contributed by atoms with E-state index in [1.165, 1.54) is 32.6 Å². The summed E-state index contributed by atoms with van der Waals surface area (Å²) in [5, 5.41) is 3.40. The van der Waals surface area contributed by atoms with Crippen LogP contribution in [0.2, 0.25) is 0 Å². The van der Waals surface area contributed by atoms with E-state index in [-0.39, 0.29) is 12.4 Å². The van der Waals surface area contributed by atoms with Crippen LogP contribution in [0.15, 0.2) is 24.3 Å². The quantitative estimate of drug-likeness (QED) is 0.230. The minimum atomic E-state index is -4.01. The Morgan fingerprint density at radius 3 is 2.64 bits per heavy atom. The highest BCUT2D eigenvalue weighted by atomic mass is 32.2. The number of sulfonamides is 1. The van der Waals surface area contributed by atoms with E-state index in [4.69, 9.17) is 9.26 Å². The third-order valence-electron chi connectivity index (χ3n) is 5.96. The summed E-state index contributed by atoms with van der Waals surface area (Å²) in [6.07, 6.45) is 7.87. The van der Waals surface area contributed by atoms with E-state index in [1.807, 2.05) is 24.3 Å². The highest BCUT2D eigenvalue weighted by molar-refractivity contribution is 7.89. The first-order valence-corrected chi connectivity index (χ1v) is 15.4. The number of hydrogen-bond donors (Lipinski definition) is 3. The van der Waals surface area contributed by atoms with Gasteiger partial charge in [-0.25, -0.2) is 13.1 Å². The molecule has 1 heterocycles. The van der Waals surface area contributed by atoms with Crippen molar-refractivity contribution in [1.29, 1.82) is 0 Å². The second-order valence-electron chi connectivity index (χ2n) is 8.70. The van der Waals surface area contributed by atoms with Crippen molar-refractivity contribution in [2.45, 2.75) is 71.0 Å². The predicted octanol–water partition coefficient (Wildman–Crippen LogP) is 4.05. The van der Waals surface area contributed by atoms with Gasteiger partial charge in [-0.1, -0.05) is 24.6 Å². The van der Waals surface area contributed by atoms with Crippen LogP contribution < -0.4 is 14.8 Å². The van der Waals surface area contributed by atoms with Crippen LogP contribution >= 0.6 is 7.60 Å². The molecule has 1 aromatic carbocycles. The lowest BCUT2D eigenvalue weighted by molar-refractivity contribution is 0.264. The monoisotopic (exact) mass is 504 g/mol. The number of nitrogens with one attached hydrogen (secondary N) is 2. The Labute approximate surface area is 199 Å². The summed E-state index contributed by atoms with van der Waals surface area (Å²) in [6.45, 7) is 5.94. The molecule has 0 bridgehead atoms. The topological polar surface area (TPSA) is 114 Å². The highest BCUT2D eigenvalue weighted by Crippen LogP contribution is 2.46. The minimum absolute atomic E-state index is 0.0412. The van der Waals surface area contributed by atoms with E-state index >= 15 is 0 Å². The molecular formula is C23H41N2O6PS. The van der Waals surface area contributed by atoms with Gasteiger partial charge >= 0.3 is 7.60 Å². The Kier molecular flexibility index (Phi) is 12.4. The molecule has 190 valence electrons. The van der Waals surface area contributed by atoms with E-state index in [0.29, 0.717) is 25.9 Å². The van der Waals surface area contributed by atoms with Gasteiger partial charge in [-0.15, -0.1) is 0 Å². The molecule has 3 N–H and O–H groups in total. The molecule has 0 aliphatic carbocycles. The maximum absolute atomic E-state index is 12.3. The molecule has 2 unspecified atom stereocenters. The molecule has 1 fully saturated rings. The lowest BCUT2D eigenvalue weighted by Crippen LogP contribution is -2.34. The molecule has 1 aliphatic rings. The van der Waals surface area contributed by atoms with Gasteiger partial charge in [0.2, 0.25) is 10.0 Å². The third-order valence-corrected chi connectivity index (χ3v) is 9.41. The maximum atomic E-state index is 12.3. The zero-order valence-electron chi connectivity index (χ0n) is 20.0. The fourth-order valence-electron chi connectivity index (χ4n) is 4.03. The average molecular weight is 505 g/mol. The van der Waals surface area contributed by atoms with Gasteiger partial charge in [0.1, 0.15) is 11.5 Å². The predicted molar refractivity (Wildman–Crippen MR) is 132 cm³/mol. The van der Waals surface area contributed by atoms with Crippen LogP contribution in [0.25, 0.3) is 0 Å². The summed E-state index contributed by atoms with van der Waals surface area (Å²) in [4.78, 5) is 9.76. The fraction of sp³-hybridized carbons (Fsp3) is 0.739. The van der Waals surface area contributed by atoms with Crippen molar-refractivity contribution in [2.75, 3.05) is 32.1 Å². The molecule has 0 spiro atoms. The van der Waals surface area contributed by atoms with Gasteiger partial charge in [0, 0.05) is 0 Å². The first-order valence-electron chi connectivity index (χ1n) is 12.1. The van der Waals surface area contributed by atoms with Gasteiger partial charge in [-0.05, 0) is 89.4 Å². The van der Waals surface area contributed by atoms with Gasteiger partial charge in [-0.2, -0.15) is 0 Å². The second-order valence-corrected chi connectivity index (χ2v) is 12.7. The first kappa shape index (κ1) is 28.3. The van der Waals surface area contributed by atoms with Crippen molar-refractivity contribution in [3.8, 4) is 5.75 Å². The molecule has 8 nitrogen and oxygen atoms in total. The van der Waals surface area contributed by atoms with Crippen LogP contribution in [-0.2, 0) is 25.5 Å². The molecule has 1 aliphatic heterocycles. The smallest absolute Gasteiger partial charge is 0.345 e. The largest absolute Gasteiger partial charge is 0.493 e. The van der Waals surface area contributed by atoms with Crippen molar-refractivity contribution in [3.63, 3.8) is 0 Å². The Bertz CT molecular complexity index is 845. The molecule has 0 radical (unpaired) electrons. The first-order chi connectivity index (χ1) is 15.7. The Hall–Kier alpha value is -0.960. The van der Waals surface area contributed by atoms with Gasteiger partial charge in [0.25, 0.3) is 0 Å². The molecule has 2 rings (SSSR count). The molecular weight excluding hydrogens is 463 g/mol. The van der Waals surface area contributed by atoms with Crippen LogP contribution in [0, 0.1) is 5.92 Å². The standard InChI is InChI=1S/C23H41N2O6PS/c1-3-31-32(26,27)20(2)25-33(28,29)19-9-7-12-22-11-4-5-13-23(22)30-18-8-6-10-21-14-16-24-17-15-21/h4-5,11,13,20-21,24-25H,3,6-10,12,14-19H2,1-2H3,(H,26,27). The van der Waals surface area contributed by atoms with Crippen molar-refractivity contribution in [2.24, 2.45) is 5.92 Å². The number of piperidine rings is 1. The summed E-state index contributed by atoms with van der Waals surface area (Å²) < 4.78 is 49.5. The van der Waals surface area contributed by atoms with Crippen molar-refractivity contribution >= 4 is 17.6 Å². The Balaban J connectivity index is 1.69. The van der Waals surface area contributed by atoms with E-state index in [9.17, 15) is 17.9 Å². The van der Waals surface area contributed by atoms with Crippen LogP contribution in [0.3, 0.4) is 0 Å². The molecule has 33 heavy (non-hydrogen) atoms. The SMILES string of the molecule is CCOP(=O)(O)C(C)NS(=O)(=O)CCCCc1ccccc1OCCCCC1CCNCC1. The summed E-state index contributed by atoms with van der Waals surface area (Å²) in [6, 6.07) is 7.90. The summed E-state index contributed by atoms with van der Waals surface area (Å²) in [5.41, 5.74) is 1.07. The minimum Gasteiger partial charge on any atom is -0.493 e. The molecule has 0 saturated carbocycles. The molecule has 1 aromatic rings. The van der Waals surface area contributed by atoms with Crippen LogP contribution in [-0.4, -0.2) is 51.2 Å². The average Bonchev–Trinajstić information content (AvgIpc) is 2.77. The van der Waals surface area contributed by atoms with Gasteiger partial charge in [0.15, 0.2) is 0 Å². The Morgan fingerprint density at radius 2 is 1.91 bits per heavy atom. The number of aryl methyl sites for hydroxylation is 1. The lowest BCUT2D eigenvalue weighted by atomic mass is 9.93. The van der Waals surface area contributed by atoms with Crippen LogP contribution in [0.5, 0.6) is 5.75 Å². The number of para-hydroxylation sites is 1. The molecule has 0 amide bonds. The number of hydrogen-bond acceptors (Lipinski definition) is 6. The molecule has 0 aromatic heterocycles. The number of benzene rings is 1. The van der Waals surface area contributed by atoms with Crippen molar-refractivity contribution < 1.29 is 27.1 Å². The van der Waals surface area contributed by atoms with Crippen LogP contribution in [0.1, 0.15) is 64.4 Å². The summed E-state index contributed by atoms with van der Waals surface area (Å²) in [5.74, 6) is 0.428. The normalized spacial score (nSPS) is 18.0. The van der Waals surface area contributed by atoms with Crippen molar-refractivity contribution in [3.05, 3.63) is 29.8 Å². The van der Waals surface area contributed by atoms with Gasteiger partial charge in [-0.3, -0.25) is 4.57 Å². The van der Waals surface area contributed by atoms with E-state index in [2.05, 4.69) is 10.0 Å². The molecule has 10 heteroatoms. The number of ether oxygens (including phenoxy) is 1. The third kappa shape index (κ3) is 10.9. The van der Waals surface area contributed by atoms with Crippen molar-refractivity contribution in [1.82, 2.24) is 10.0 Å². The number of rotatable bonds is 16. The van der Waals surface area contributed by atoms with E-state index in [0.717, 1.165) is 36.7 Å².